The Bertz CT molecular complexity index is 678. The first-order valence-electron chi connectivity index (χ1n) is 6.34. The summed E-state index contributed by atoms with van der Waals surface area (Å²) in [6.07, 6.45) is 1.81. The molecule has 1 radical (unpaired) electrons. The van der Waals surface area contributed by atoms with Crippen LogP contribution in [0.1, 0.15) is 5.56 Å². The van der Waals surface area contributed by atoms with Crippen molar-refractivity contribution < 1.29 is 20.1 Å². The molecule has 0 bridgehead atoms. The van der Waals surface area contributed by atoms with Crippen LogP contribution in [0.25, 0.3) is 22.4 Å². The van der Waals surface area contributed by atoms with Crippen molar-refractivity contribution in [2.75, 3.05) is 0 Å². The molecule has 20 heavy (non-hydrogen) atoms. The zero-order valence-electron chi connectivity index (χ0n) is 11.1. The van der Waals surface area contributed by atoms with E-state index in [-0.39, 0.29) is 20.1 Å². The summed E-state index contributed by atoms with van der Waals surface area (Å²) in [6, 6.07) is 23.9. The van der Waals surface area contributed by atoms with Gasteiger partial charge in [0, 0.05) is 26.3 Å². The first-order valence-corrected chi connectivity index (χ1v) is 6.34. The van der Waals surface area contributed by atoms with E-state index in [4.69, 9.17) is 0 Å². The average molecular weight is 437 g/mol. The molecule has 101 valence electrons. The molecule has 1 nitrogen and oxygen atoms in total. The molecule has 0 aliphatic rings. The Morgan fingerprint density at radius 2 is 1.65 bits per heavy atom. The predicted molar refractivity (Wildman–Crippen MR) is 78.7 cm³/mol. The van der Waals surface area contributed by atoms with Gasteiger partial charge in [-0.2, -0.15) is 0 Å². The molecule has 1 aromatic heterocycles. The van der Waals surface area contributed by atoms with Crippen LogP contribution in [0.3, 0.4) is 0 Å². The molecule has 1 heterocycles. The van der Waals surface area contributed by atoms with Gasteiger partial charge in [-0.1, -0.05) is 60.5 Å². The van der Waals surface area contributed by atoms with Gasteiger partial charge in [0.25, 0.3) is 0 Å². The molecule has 3 aromatic rings. The summed E-state index contributed by atoms with van der Waals surface area (Å²) in [6.45, 7) is 2.10. The minimum atomic E-state index is 0. The van der Waals surface area contributed by atoms with Crippen molar-refractivity contribution in [1.29, 1.82) is 0 Å². The van der Waals surface area contributed by atoms with Crippen LogP contribution in [-0.4, -0.2) is 4.98 Å². The van der Waals surface area contributed by atoms with E-state index in [1.807, 2.05) is 36.5 Å². The van der Waals surface area contributed by atoms with Crippen LogP contribution >= 0.6 is 0 Å². The maximum Gasteiger partial charge on any atom is 0.0160 e. The van der Waals surface area contributed by atoms with Crippen LogP contribution in [-0.2, 0) is 20.1 Å². The molecule has 2 heteroatoms. The molecule has 0 N–H and O–H groups in total. The number of nitrogens with zero attached hydrogens (tertiary/aromatic N) is 1. The molecule has 0 atom stereocenters. The van der Waals surface area contributed by atoms with Crippen molar-refractivity contribution >= 4 is 0 Å². The SMILES string of the molecule is Cc1cc(-c2ccccc2)c[c-]c1-c1ccccn1.[Ir]. The maximum absolute atomic E-state index is 4.38. The Hall–Kier alpha value is -1.76. The smallest absolute Gasteiger partial charge is 0.0160 e. The Labute approximate surface area is 133 Å². The van der Waals surface area contributed by atoms with Crippen molar-refractivity contribution in [1.82, 2.24) is 4.98 Å². The van der Waals surface area contributed by atoms with Crippen LogP contribution in [0.5, 0.6) is 0 Å². The number of rotatable bonds is 2. The number of hydrogen-bond acceptors (Lipinski definition) is 1. The van der Waals surface area contributed by atoms with Crippen molar-refractivity contribution in [3.63, 3.8) is 0 Å². The molecule has 0 fully saturated rings. The van der Waals surface area contributed by atoms with E-state index in [2.05, 4.69) is 48.3 Å². The fourth-order valence-corrected chi connectivity index (χ4v) is 2.19. The van der Waals surface area contributed by atoms with Gasteiger partial charge in [0.2, 0.25) is 0 Å². The third-order valence-electron chi connectivity index (χ3n) is 3.17. The Morgan fingerprint density at radius 3 is 2.30 bits per heavy atom. The summed E-state index contributed by atoms with van der Waals surface area (Å²) in [4.78, 5) is 4.38. The van der Waals surface area contributed by atoms with E-state index in [0.717, 1.165) is 11.3 Å². The second-order valence-corrected chi connectivity index (χ2v) is 4.53. The molecule has 0 aliphatic carbocycles. The van der Waals surface area contributed by atoms with E-state index in [0.29, 0.717) is 0 Å². The van der Waals surface area contributed by atoms with Gasteiger partial charge in [-0.05, 0) is 11.8 Å². The van der Waals surface area contributed by atoms with Crippen molar-refractivity contribution in [2.45, 2.75) is 6.92 Å². The van der Waals surface area contributed by atoms with Gasteiger partial charge in [0.15, 0.2) is 0 Å². The zero-order valence-corrected chi connectivity index (χ0v) is 13.5. The summed E-state index contributed by atoms with van der Waals surface area (Å²) >= 11 is 0. The van der Waals surface area contributed by atoms with Crippen LogP contribution in [0, 0.1) is 13.0 Å². The third kappa shape index (κ3) is 3.04. The summed E-state index contributed by atoms with van der Waals surface area (Å²) in [5.74, 6) is 0. The molecule has 0 amide bonds. The Balaban J connectivity index is 0.00000147. The second-order valence-electron chi connectivity index (χ2n) is 4.53. The molecular formula is C18H14IrN-. The van der Waals surface area contributed by atoms with E-state index in [1.54, 1.807) is 0 Å². The summed E-state index contributed by atoms with van der Waals surface area (Å²) < 4.78 is 0. The largest absolute Gasteiger partial charge is 0.305 e. The molecule has 0 unspecified atom stereocenters. The first-order chi connectivity index (χ1) is 9.34. The summed E-state index contributed by atoms with van der Waals surface area (Å²) in [5, 5.41) is 0. The molecule has 3 rings (SSSR count). The normalized spacial score (nSPS) is 9.85. The number of hydrogen-bond donors (Lipinski definition) is 0. The van der Waals surface area contributed by atoms with Crippen molar-refractivity contribution in [3.8, 4) is 22.4 Å². The third-order valence-corrected chi connectivity index (χ3v) is 3.17. The molecule has 0 aliphatic heterocycles. The number of aryl methyl sites for hydroxylation is 1. The Morgan fingerprint density at radius 1 is 0.900 bits per heavy atom. The summed E-state index contributed by atoms with van der Waals surface area (Å²) in [7, 11) is 0. The van der Waals surface area contributed by atoms with Gasteiger partial charge in [-0.15, -0.1) is 29.3 Å². The molecule has 2 aromatic carbocycles. The maximum atomic E-state index is 4.38. The van der Waals surface area contributed by atoms with Gasteiger partial charge in [-0.3, -0.25) is 0 Å². The zero-order chi connectivity index (χ0) is 13.1. The van der Waals surface area contributed by atoms with Crippen LogP contribution in [0.2, 0.25) is 0 Å². The predicted octanol–water partition coefficient (Wildman–Crippen LogP) is 4.52. The van der Waals surface area contributed by atoms with Crippen LogP contribution < -0.4 is 0 Å². The average Bonchev–Trinajstić information content (AvgIpc) is 2.49. The molecule has 0 saturated carbocycles. The van der Waals surface area contributed by atoms with E-state index in [1.165, 1.54) is 16.7 Å². The minimum absolute atomic E-state index is 0. The molecular weight excluding hydrogens is 422 g/mol. The second kappa shape index (κ2) is 6.60. The van der Waals surface area contributed by atoms with Gasteiger partial charge < -0.3 is 4.98 Å². The van der Waals surface area contributed by atoms with Crippen LogP contribution in [0.4, 0.5) is 0 Å². The van der Waals surface area contributed by atoms with Crippen molar-refractivity contribution in [3.05, 3.63) is 78.5 Å². The number of pyridine rings is 1. The van der Waals surface area contributed by atoms with Gasteiger partial charge in [0.1, 0.15) is 0 Å². The standard InChI is InChI=1S/C18H14N.Ir/c1-14-13-16(15-7-3-2-4-8-15)10-11-17(14)18-9-5-6-12-19-18;/h2-10,12-13H,1H3;/q-1;. The van der Waals surface area contributed by atoms with E-state index < -0.39 is 0 Å². The Kier molecular flexibility index (Phi) is 4.83. The molecule has 0 saturated heterocycles. The van der Waals surface area contributed by atoms with Crippen molar-refractivity contribution in [2.24, 2.45) is 0 Å². The van der Waals surface area contributed by atoms with E-state index in [9.17, 15) is 0 Å². The monoisotopic (exact) mass is 437 g/mol. The fourth-order valence-electron chi connectivity index (χ4n) is 2.19. The number of aromatic nitrogens is 1. The minimum Gasteiger partial charge on any atom is -0.305 e. The first kappa shape index (κ1) is 14.6. The van der Waals surface area contributed by atoms with Gasteiger partial charge in [-0.25, -0.2) is 0 Å². The van der Waals surface area contributed by atoms with Crippen LogP contribution in [0.15, 0.2) is 66.9 Å². The van der Waals surface area contributed by atoms with Gasteiger partial charge in [0.05, 0.1) is 0 Å². The topological polar surface area (TPSA) is 12.9 Å². The quantitative estimate of drug-likeness (QED) is 0.539. The van der Waals surface area contributed by atoms with E-state index >= 15 is 0 Å². The van der Waals surface area contributed by atoms with Gasteiger partial charge >= 0.3 is 0 Å². The number of benzene rings is 2. The fraction of sp³-hybridized carbons (Fsp3) is 0.0556. The summed E-state index contributed by atoms with van der Waals surface area (Å²) in [5.41, 5.74) is 5.65. The molecule has 0 spiro atoms.